The highest BCUT2D eigenvalue weighted by molar-refractivity contribution is 8.01. The van der Waals surface area contributed by atoms with Gasteiger partial charge in [0, 0.05) is 43.3 Å². The zero-order valence-electron chi connectivity index (χ0n) is 24.7. The molecule has 15 nitrogen and oxygen atoms in total. The number of phenols is 1. The maximum atomic E-state index is 13.6. The maximum absolute atomic E-state index is 13.6. The third-order valence-electron chi connectivity index (χ3n) is 8.39. The summed E-state index contributed by atoms with van der Waals surface area (Å²) < 4.78 is -0.789. The molecule has 1 unspecified atom stereocenters. The Balaban J connectivity index is 1.23. The van der Waals surface area contributed by atoms with E-state index in [1.165, 1.54) is 53.3 Å². The number of thioether (sulfide) groups is 1. The lowest BCUT2D eigenvalue weighted by Gasteiger charge is -2.44. The second-order valence-electron chi connectivity index (χ2n) is 11.8. The van der Waals surface area contributed by atoms with Crippen molar-refractivity contribution >= 4 is 52.4 Å². The van der Waals surface area contributed by atoms with E-state index in [4.69, 9.17) is 0 Å². The molecule has 5 N–H and O–H groups in total. The van der Waals surface area contributed by atoms with Crippen LogP contribution in [0.1, 0.15) is 35.8 Å². The Labute approximate surface area is 261 Å². The van der Waals surface area contributed by atoms with E-state index in [-0.39, 0.29) is 27.9 Å². The molecule has 236 valence electrons. The molecule has 3 fully saturated rings. The average Bonchev–Trinajstić information content (AvgIpc) is 3.27. The highest BCUT2D eigenvalue weighted by atomic mass is 32.2. The second kappa shape index (κ2) is 11.3. The standard InChI is InChI=1S/C29H32N8O7S/c1-29(2)21(27(43)44)37-25(42)19(26(37)45-29)33-24(41)18(14-4-6-15(38)7-5-14)32-23(40)17-13-30-22-16(20(17)39)12-31-28(34-22)36-10-8-35(3)9-11-36/h4-7,12-13,18-19,21,26,38H,8-11H2,1-3H3,(H,32,40)(H,33,41)(H,43,44)(H,30,31,34,39)/t18?,19-,21+,26-/m1/s1. The molecule has 5 heterocycles. The minimum atomic E-state index is -1.36. The number of hydrogen-bond donors (Lipinski definition) is 5. The van der Waals surface area contributed by atoms with Crippen molar-refractivity contribution in [2.45, 2.75) is 42.1 Å². The van der Waals surface area contributed by atoms with Crippen molar-refractivity contribution in [3.63, 3.8) is 0 Å². The summed E-state index contributed by atoms with van der Waals surface area (Å²) in [6.45, 7) is 6.60. The molecule has 3 saturated heterocycles. The fraction of sp³-hybridized carbons (Fsp3) is 0.414. The molecule has 3 aliphatic rings. The molecular formula is C29H32N8O7S. The topological polar surface area (TPSA) is 201 Å². The number of phenolic OH excluding ortho intramolecular Hbond substituents is 1. The normalized spacial score (nSPS) is 23.3. The minimum absolute atomic E-state index is 0.0692. The number of amides is 3. The molecule has 4 atom stereocenters. The molecule has 0 radical (unpaired) electrons. The van der Waals surface area contributed by atoms with Crippen LogP contribution in [0.3, 0.4) is 0 Å². The average molecular weight is 637 g/mol. The Morgan fingerprint density at radius 3 is 2.47 bits per heavy atom. The Morgan fingerprint density at radius 1 is 1.11 bits per heavy atom. The Bertz CT molecular complexity index is 1760. The van der Waals surface area contributed by atoms with Crippen LogP contribution in [0.25, 0.3) is 11.0 Å². The number of anilines is 1. The van der Waals surface area contributed by atoms with Crippen LogP contribution in [-0.2, 0) is 14.4 Å². The smallest absolute Gasteiger partial charge is 0.327 e. The van der Waals surface area contributed by atoms with Gasteiger partial charge in [-0.25, -0.2) is 9.78 Å². The number of rotatable bonds is 7. The summed E-state index contributed by atoms with van der Waals surface area (Å²) in [5.41, 5.74) is -0.371. The van der Waals surface area contributed by atoms with Crippen molar-refractivity contribution < 1.29 is 29.4 Å². The van der Waals surface area contributed by atoms with Crippen molar-refractivity contribution in [2.24, 2.45) is 0 Å². The zero-order chi connectivity index (χ0) is 32.2. The number of H-pyrrole nitrogens is 1. The van der Waals surface area contributed by atoms with E-state index in [1.54, 1.807) is 13.8 Å². The molecular weight excluding hydrogens is 604 g/mol. The molecule has 3 amide bonds. The van der Waals surface area contributed by atoms with Crippen molar-refractivity contribution in [1.82, 2.24) is 35.4 Å². The summed E-state index contributed by atoms with van der Waals surface area (Å²) in [5.74, 6) is -2.89. The lowest BCUT2D eigenvalue weighted by molar-refractivity contribution is -0.161. The largest absolute Gasteiger partial charge is 0.508 e. The summed E-state index contributed by atoms with van der Waals surface area (Å²) in [5, 5.41) is 24.2. The first kappa shape index (κ1) is 30.3. The van der Waals surface area contributed by atoms with Gasteiger partial charge in [-0.1, -0.05) is 12.1 Å². The number of aliphatic carboxylic acids is 1. The number of nitrogens with zero attached hydrogens (tertiary/aromatic N) is 5. The van der Waals surface area contributed by atoms with Gasteiger partial charge in [0.1, 0.15) is 40.5 Å². The number of piperazine rings is 1. The third-order valence-corrected chi connectivity index (χ3v) is 9.96. The lowest BCUT2D eigenvalue weighted by atomic mass is 9.95. The predicted octanol–water partition coefficient (Wildman–Crippen LogP) is -0.122. The SMILES string of the molecule is CN1CCN(c2ncc3c(=O)c(C(=O)NC(C(=O)N[C@@H]4C(=O)N5[C@@H]4SC(C)(C)[C@@H]5C(=O)O)c4ccc(O)cc4)c[nH]c3n2)CC1. The molecule has 3 aromatic rings. The summed E-state index contributed by atoms with van der Waals surface area (Å²) in [4.78, 5) is 82.5. The summed E-state index contributed by atoms with van der Waals surface area (Å²) in [6, 6.07) is 2.11. The summed E-state index contributed by atoms with van der Waals surface area (Å²) >= 11 is 1.27. The van der Waals surface area contributed by atoms with Gasteiger partial charge in [0.05, 0.1) is 5.39 Å². The molecule has 0 saturated carbocycles. The molecule has 0 aliphatic carbocycles. The van der Waals surface area contributed by atoms with E-state index in [0.29, 0.717) is 5.95 Å². The number of nitrogens with one attached hydrogen (secondary N) is 3. The molecule has 0 bridgehead atoms. The first-order valence-corrected chi connectivity index (χ1v) is 15.2. The van der Waals surface area contributed by atoms with Crippen LogP contribution < -0.4 is 21.0 Å². The van der Waals surface area contributed by atoms with Crippen molar-refractivity contribution in [1.29, 1.82) is 0 Å². The van der Waals surface area contributed by atoms with E-state index < -0.39 is 57.4 Å². The number of aromatic amines is 1. The number of benzene rings is 1. The number of likely N-dealkylation sites (N-methyl/N-ethyl adjacent to an activating group) is 1. The number of β-lactam (4-membered cyclic amide) rings is 1. The van der Waals surface area contributed by atoms with E-state index in [2.05, 4.69) is 30.5 Å². The highest BCUT2D eigenvalue weighted by Gasteiger charge is 2.64. The van der Waals surface area contributed by atoms with Crippen LogP contribution in [0.5, 0.6) is 5.75 Å². The number of aromatic nitrogens is 3. The Kier molecular flexibility index (Phi) is 7.64. The number of carboxylic acid groups (broad SMARTS) is 1. The van der Waals surface area contributed by atoms with Crippen LogP contribution in [0, 0.1) is 0 Å². The molecule has 1 aromatic carbocycles. The first-order valence-electron chi connectivity index (χ1n) is 14.3. The quantitative estimate of drug-likeness (QED) is 0.216. The molecule has 16 heteroatoms. The predicted molar refractivity (Wildman–Crippen MR) is 164 cm³/mol. The van der Waals surface area contributed by atoms with Crippen molar-refractivity contribution in [3.05, 3.63) is 58.0 Å². The number of carbonyl (C=O) groups excluding carboxylic acids is 3. The number of pyridine rings is 1. The van der Waals surface area contributed by atoms with Gasteiger partial charge in [-0.15, -0.1) is 11.8 Å². The van der Waals surface area contributed by atoms with Gasteiger partial charge in [0.2, 0.25) is 23.2 Å². The van der Waals surface area contributed by atoms with Gasteiger partial charge in [-0.05, 0) is 38.6 Å². The van der Waals surface area contributed by atoms with E-state index in [9.17, 15) is 34.2 Å². The van der Waals surface area contributed by atoms with Crippen LogP contribution in [-0.4, -0.2) is 114 Å². The third kappa shape index (κ3) is 5.44. The summed E-state index contributed by atoms with van der Waals surface area (Å²) in [7, 11) is 2.03. The molecule has 6 rings (SSSR count). The molecule has 2 aromatic heterocycles. The van der Waals surface area contributed by atoms with Crippen molar-refractivity contribution in [2.75, 3.05) is 38.1 Å². The number of aromatic hydroxyl groups is 1. The summed E-state index contributed by atoms with van der Waals surface area (Å²) in [6.07, 6.45) is 2.60. The fourth-order valence-corrected chi connectivity index (χ4v) is 7.51. The Morgan fingerprint density at radius 2 is 1.80 bits per heavy atom. The van der Waals surface area contributed by atoms with Crippen LogP contribution in [0.2, 0.25) is 0 Å². The zero-order valence-corrected chi connectivity index (χ0v) is 25.5. The van der Waals surface area contributed by atoms with Gasteiger partial charge in [0.25, 0.3) is 5.91 Å². The number of hydrogen-bond acceptors (Lipinski definition) is 11. The van der Waals surface area contributed by atoms with E-state index >= 15 is 0 Å². The number of carboxylic acids is 1. The van der Waals surface area contributed by atoms with Crippen LogP contribution in [0.4, 0.5) is 5.95 Å². The minimum Gasteiger partial charge on any atom is -0.508 e. The van der Waals surface area contributed by atoms with E-state index in [1.807, 2.05) is 11.9 Å². The second-order valence-corrected chi connectivity index (χ2v) is 13.6. The van der Waals surface area contributed by atoms with Gasteiger partial charge in [0.15, 0.2) is 0 Å². The monoisotopic (exact) mass is 636 g/mol. The molecule has 45 heavy (non-hydrogen) atoms. The van der Waals surface area contributed by atoms with Gasteiger partial charge < -0.3 is 40.5 Å². The van der Waals surface area contributed by atoms with Crippen molar-refractivity contribution in [3.8, 4) is 5.75 Å². The molecule has 3 aliphatic heterocycles. The first-order chi connectivity index (χ1) is 21.4. The van der Waals surface area contributed by atoms with Gasteiger partial charge in [-0.2, -0.15) is 4.98 Å². The Hall–Kier alpha value is -4.70. The highest BCUT2D eigenvalue weighted by Crippen LogP contribution is 2.50. The van der Waals surface area contributed by atoms with Crippen LogP contribution >= 0.6 is 11.8 Å². The number of carbonyl (C=O) groups is 4. The van der Waals surface area contributed by atoms with Crippen LogP contribution in [0.15, 0.2) is 41.5 Å². The molecule has 0 spiro atoms. The lowest BCUT2D eigenvalue weighted by Crippen LogP contribution is -2.71. The fourth-order valence-electron chi connectivity index (χ4n) is 5.89. The maximum Gasteiger partial charge on any atom is 0.327 e. The van der Waals surface area contributed by atoms with E-state index in [0.717, 1.165) is 26.2 Å². The van der Waals surface area contributed by atoms with Gasteiger partial charge >= 0.3 is 5.97 Å². The van der Waals surface area contributed by atoms with Gasteiger partial charge in [-0.3, -0.25) is 19.2 Å². The number of fused-ring (bicyclic) bond motifs is 2.